The number of carbonyl (C=O) groups is 1. The van der Waals surface area contributed by atoms with Crippen LogP contribution in [0.25, 0.3) is 10.2 Å². The average molecular weight is 389 g/mol. The molecule has 0 aliphatic rings. The van der Waals surface area contributed by atoms with Crippen LogP contribution in [0.4, 0.5) is 0 Å². The number of rotatable bonds is 5. The zero-order chi connectivity index (χ0) is 19.7. The van der Waals surface area contributed by atoms with E-state index in [1.807, 2.05) is 31.3 Å². The summed E-state index contributed by atoms with van der Waals surface area (Å²) >= 11 is 1.74. The van der Waals surface area contributed by atoms with Crippen molar-refractivity contribution in [2.24, 2.45) is 0 Å². The third-order valence-corrected chi connectivity index (χ3v) is 6.13. The van der Waals surface area contributed by atoms with Gasteiger partial charge in [0.1, 0.15) is 5.69 Å². The van der Waals surface area contributed by atoms with E-state index in [9.17, 15) is 4.79 Å². The number of carbonyl (C=O) groups excluding carboxylic acids is 1. The Morgan fingerprint density at radius 1 is 1.04 bits per heavy atom. The van der Waals surface area contributed by atoms with Crippen molar-refractivity contribution >= 4 is 27.5 Å². The maximum absolute atomic E-state index is 13.4. The number of hydrogen-bond acceptors (Lipinski definition) is 2. The predicted octanol–water partition coefficient (Wildman–Crippen LogP) is 5.89. The standard InChI is InChI=1S/C24H24N2OS/c1-17-14-21-23(28-17)15-22(26(21)18(2)20-12-8-5-9-13-20)24(27)25(3)16-19-10-6-4-7-11-19/h4-15,18H,16H2,1-3H3/t18-/m0/s1. The fourth-order valence-electron chi connectivity index (χ4n) is 3.72. The number of aromatic nitrogens is 1. The summed E-state index contributed by atoms with van der Waals surface area (Å²) in [5.74, 6) is 0.0488. The molecule has 0 unspecified atom stereocenters. The molecule has 0 aliphatic heterocycles. The Balaban J connectivity index is 1.74. The summed E-state index contributed by atoms with van der Waals surface area (Å²) in [6.07, 6.45) is 0. The number of amides is 1. The van der Waals surface area contributed by atoms with E-state index in [2.05, 4.69) is 66.9 Å². The van der Waals surface area contributed by atoms with Gasteiger partial charge in [-0.25, -0.2) is 0 Å². The van der Waals surface area contributed by atoms with Gasteiger partial charge in [0.15, 0.2) is 0 Å². The molecule has 0 bridgehead atoms. The maximum atomic E-state index is 13.4. The molecule has 0 spiro atoms. The molecule has 0 N–H and O–H groups in total. The normalized spacial score (nSPS) is 12.2. The fraction of sp³-hybridized carbons (Fsp3) is 0.208. The smallest absolute Gasteiger partial charge is 0.270 e. The first-order chi connectivity index (χ1) is 13.5. The Morgan fingerprint density at radius 2 is 1.68 bits per heavy atom. The van der Waals surface area contributed by atoms with Gasteiger partial charge in [-0.1, -0.05) is 60.7 Å². The highest BCUT2D eigenvalue weighted by atomic mass is 32.1. The first kappa shape index (κ1) is 18.5. The number of nitrogens with zero attached hydrogens (tertiary/aromatic N) is 2. The van der Waals surface area contributed by atoms with Gasteiger partial charge in [0.25, 0.3) is 5.91 Å². The third kappa shape index (κ3) is 3.48. The minimum Gasteiger partial charge on any atom is -0.336 e. The van der Waals surface area contributed by atoms with Crippen LogP contribution in [-0.2, 0) is 6.54 Å². The van der Waals surface area contributed by atoms with E-state index in [4.69, 9.17) is 0 Å². The monoisotopic (exact) mass is 388 g/mol. The molecular weight excluding hydrogens is 364 g/mol. The molecular formula is C24H24N2OS. The van der Waals surface area contributed by atoms with Gasteiger partial charge in [-0.3, -0.25) is 4.79 Å². The van der Waals surface area contributed by atoms with Crippen LogP contribution in [0.5, 0.6) is 0 Å². The SMILES string of the molecule is Cc1cc2c(cc(C(=O)N(C)Cc3ccccc3)n2[C@@H](C)c2ccccc2)s1. The van der Waals surface area contributed by atoms with Gasteiger partial charge in [0, 0.05) is 18.5 Å². The highest BCUT2D eigenvalue weighted by molar-refractivity contribution is 7.19. The molecule has 2 aromatic carbocycles. The number of benzene rings is 2. The lowest BCUT2D eigenvalue weighted by atomic mass is 10.1. The van der Waals surface area contributed by atoms with Crippen molar-refractivity contribution in [3.05, 3.63) is 94.5 Å². The van der Waals surface area contributed by atoms with Gasteiger partial charge in [-0.2, -0.15) is 0 Å². The highest BCUT2D eigenvalue weighted by Crippen LogP contribution is 2.34. The van der Waals surface area contributed by atoms with E-state index in [-0.39, 0.29) is 11.9 Å². The summed E-state index contributed by atoms with van der Waals surface area (Å²) in [4.78, 5) is 16.4. The van der Waals surface area contributed by atoms with Crippen LogP contribution in [0, 0.1) is 6.92 Å². The van der Waals surface area contributed by atoms with Crippen LogP contribution >= 0.6 is 11.3 Å². The van der Waals surface area contributed by atoms with Gasteiger partial charge in [0.05, 0.1) is 16.3 Å². The van der Waals surface area contributed by atoms with Crippen molar-refractivity contribution < 1.29 is 4.79 Å². The van der Waals surface area contributed by atoms with Crippen LogP contribution < -0.4 is 0 Å². The van der Waals surface area contributed by atoms with Gasteiger partial charge in [-0.15, -0.1) is 11.3 Å². The van der Waals surface area contributed by atoms with E-state index >= 15 is 0 Å². The summed E-state index contributed by atoms with van der Waals surface area (Å²) < 4.78 is 3.36. The molecule has 0 saturated heterocycles. The molecule has 0 radical (unpaired) electrons. The lowest BCUT2D eigenvalue weighted by Crippen LogP contribution is -2.29. The molecule has 0 aliphatic carbocycles. The van der Waals surface area contributed by atoms with E-state index < -0.39 is 0 Å². The molecule has 0 fully saturated rings. The zero-order valence-electron chi connectivity index (χ0n) is 16.4. The third-order valence-electron chi connectivity index (χ3n) is 5.15. The quantitative estimate of drug-likeness (QED) is 0.418. The van der Waals surface area contributed by atoms with Crippen LogP contribution in [0.2, 0.25) is 0 Å². The van der Waals surface area contributed by atoms with Crippen LogP contribution in [0.1, 0.15) is 39.5 Å². The Hall–Kier alpha value is -2.85. The summed E-state index contributed by atoms with van der Waals surface area (Å²) in [5, 5.41) is 0. The Bertz CT molecular complexity index is 1100. The summed E-state index contributed by atoms with van der Waals surface area (Å²) in [6, 6.07) is 24.8. The fourth-order valence-corrected chi connectivity index (χ4v) is 4.67. The van der Waals surface area contributed by atoms with E-state index in [1.54, 1.807) is 16.2 Å². The Kier molecular flexibility index (Phi) is 5.05. The largest absolute Gasteiger partial charge is 0.336 e. The molecule has 4 heteroatoms. The van der Waals surface area contributed by atoms with E-state index in [0.717, 1.165) is 21.5 Å². The topological polar surface area (TPSA) is 25.2 Å². The van der Waals surface area contributed by atoms with Gasteiger partial charge < -0.3 is 9.47 Å². The summed E-state index contributed by atoms with van der Waals surface area (Å²) in [7, 11) is 1.87. The zero-order valence-corrected chi connectivity index (χ0v) is 17.2. The lowest BCUT2D eigenvalue weighted by Gasteiger charge is -2.22. The molecule has 1 amide bonds. The van der Waals surface area contributed by atoms with Crippen molar-refractivity contribution in [2.75, 3.05) is 7.05 Å². The second kappa shape index (κ2) is 7.64. The molecule has 2 heterocycles. The van der Waals surface area contributed by atoms with Crippen molar-refractivity contribution in [3.63, 3.8) is 0 Å². The molecule has 4 aromatic rings. The summed E-state index contributed by atoms with van der Waals surface area (Å²) in [6.45, 7) is 4.87. The van der Waals surface area contributed by atoms with E-state index in [1.165, 1.54) is 10.4 Å². The molecule has 28 heavy (non-hydrogen) atoms. The number of aryl methyl sites for hydroxylation is 1. The van der Waals surface area contributed by atoms with Gasteiger partial charge in [-0.05, 0) is 37.1 Å². The average Bonchev–Trinajstić information content (AvgIpc) is 3.24. The second-order valence-electron chi connectivity index (χ2n) is 7.24. The van der Waals surface area contributed by atoms with E-state index in [0.29, 0.717) is 6.54 Å². The van der Waals surface area contributed by atoms with Crippen LogP contribution in [0.15, 0.2) is 72.8 Å². The molecule has 0 saturated carbocycles. The van der Waals surface area contributed by atoms with Gasteiger partial charge in [0.2, 0.25) is 0 Å². The molecule has 3 nitrogen and oxygen atoms in total. The molecule has 2 aromatic heterocycles. The highest BCUT2D eigenvalue weighted by Gasteiger charge is 2.24. The Labute approximate surface area is 169 Å². The van der Waals surface area contributed by atoms with Crippen molar-refractivity contribution in [1.82, 2.24) is 9.47 Å². The van der Waals surface area contributed by atoms with Gasteiger partial charge >= 0.3 is 0 Å². The van der Waals surface area contributed by atoms with Crippen molar-refractivity contribution in [3.8, 4) is 0 Å². The first-order valence-electron chi connectivity index (χ1n) is 9.50. The number of hydrogen-bond donors (Lipinski definition) is 0. The number of thiophene rings is 1. The van der Waals surface area contributed by atoms with Crippen molar-refractivity contribution in [2.45, 2.75) is 26.4 Å². The maximum Gasteiger partial charge on any atom is 0.270 e. The number of fused-ring (bicyclic) bond motifs is 1. The molecule has 4 rings (SSSR count). The van der Waals surface area contributed by atoms with Crippen LogP contribution in [0.3, 0.4) is 0 Å². The predicted molar refractivity (Wildman–Crippen MR) is 117 cm³/mol. The molecule has 1 atom stereocenters. The Morgan fingerprint density at radius 3 is 2.36 bits per heavy atom. The lowest BCUT2D eigenvalue weighted by molar-refractivity contribution is 0.0774. The minimum atomic E-state index is 0.0488. The molecule has 142 valence electrons. The summed E-state index contributed by atoms with van der Waals surface area (Å²) in [5.41, 5.74) is 4.21. The first-order valence-corrected chi connectivity index (χ1v) is 10.3. The van der Waals surface area contributed by atoms with Crippen molar-refractivity contribution in [1.29, 1.82) is 0 Å². The minimum absolute atomic E-state index is 0.0488. The van der Waals surface area contributed by atoms with Crippen LogP contribution in [-0.4, -0.2) is 22.4 Å². The second-order valence-corrected chi connectivity index (χ2v) is 8.53.